The fraction of sp³-hybridized carbons (Fsp3) is 0.250. The highest BCUT2D eigenvalue weighted by Crippen LogP contribution is 2.35. The maximum Gasteiger partial charge on any atom is 0.371 e. The number of carboxylic acid groups (broad SMARTS) is 2. The van der Waals surface area contributed by atoms with Gasteiger partial charge in [-0.1, -0.05) is 31.9 Å². The van der Waals surface area contributed by atoms with E-state index in [0.717, 1.165) is 0 Å². The van der Waals surface area contributed by atoms with Gasteiger partial charge in [-0.2, -0.15) is 0 Å². The number of aromatic hydroxyl groups is 2. The highest BCUT2D eigenvalue weighted by atomic mass is 79.9. The molecule has 1 aliphatic rings. The number of halogens is 2. The van der Waals surface area contributed by atoms with Gasteiger partial charge in [0.2, 0.25) is 5.84 Å². The number of rotatable bonds is 7. The second kappa shape index (κ2) is 8.65. The number of carboxylic acids is 2. The molecular weight excluding hydrogens is 524 g/mol. The third-order valence-electron chi connectivity index (χ3n) is 5.00. The van der Waals surface area contributed by atoms with E-state index in [0.29, 0.717) is 20.1 Å². The lowest BCUT2D eigenvalue weighted by atomic mass is 9.82. The van der Waals surface area contributed by atoms with Crippen molar-refractivity contribution in [2.45, 2.75) is 18.4 Å². The molecule has 158 valence electrons. The molecule has 2 aromatic carbocycles. The summed E-state index contributed by atoms with van der Waals surface area (Å²) in [5.74, 6) is -3.22. The highest BCUT2D eigenvalue weighted by molar-refractivity contribution is 9.10. The molecule has 30 heavy (non-hydrogen) atoms. The summed E-state index contributed by atoms with van der Waals surface area (Å²) in [7, 11) is 0. The molecule has 10 heteroatoms. The molecular formula is C20H18Br2N2O6. The second-order valence-corrected chi connectivity index (χ2v) is 8.73. The Morgan fingerprint density at radius 3 is 1.90 bits per heavy atom. The Morgan fingerprint density at radius 1 is 0.967 bits per heavy atom. The zero-order chi connectivity index (χ0) is 22.1. The molecule has 0 bridgehead atoms. The second-order valence-electron chi connectivity index (χ2n) is 6.90. The monoisotopic (exact) mass is 540 g/mol. The zero-order valence-electron chi connectivity index (χ0n) is 15.5. The number of aliphatic imine (C=N–C) groups is 1. The zero-order valence-corrected chi connectivity index (χ0v) is 18.7. The first kappa shape index (κ1) is 22.1. The largest absolute Gasteiger partial charge is 0.508 e. The van der Waals surface area contributed by atoms with Crippen LogP contribution in [0.15, 0.2) is 50.3 Å². The van der Waals surface area contributed by atoms with Crippen molar-refractivity contribution in [1.29, 1.82) is 0 Å². The molecule has 1 aliphatic heterocycles. The highest BCUT2D eigenvalue weighted by Gasteiger charge is 2.49. The fourth-order valence-corrected chi connectivity index (χ4v) is 4.41. The topological polar surface area (TPSA) is 131 Å². The van der Waals surface area contributed by atoms with E-state index >= 15 is 0 Å². The molecule has 0 saturated carbocycles. The number of phenolic OH excluding ortho intramolecular Hbond substituents is 2. The van der Waals surface area contributed by atoms with Gasteiger partial charge < -0.3 is 25.3 Å². The summed E-state index contributed by atoms with van der Waals surface area (Å²) in [5.41, 5.74) is -1.18. The number of carbonyl (C=O) groups is 2. The summed E-state index contributed by atoms with van der Waals surface area (Å²) < 4.78 is 1.27. The van der Waals surface area contributed by atoms with E-state index < -0.39 is 17.5 Å². The van der Waals surface area contributed by atoms with Crippen LogP contribution in [0.3, 0.4) is 0 Å². The van der Waals surface area contributed by atoms with Gasteiger partial charge in [0, 0.05) is 28.3 Å². The Kier molecular flexibility index (Phi) is 6.37. The lowest BCUT2D eigenvalue weighted by Crippen LogP contribution is -2.60. The van der Waals surface area contributed by atoms with Gasteiger partial charge in [-0.25, -0.2) is 9.59 Å². The minimum atomic E-state index is -1.82. The third kappa shape index (κ3) is 4.29. The first-order chi connectivity index (χ1) is 14.1. The normalized spacial score (nSPS) is 13.9. The fourth-order valence-electron chi connectivity index (χ4n) is 3.59. The molecule has 0 aromatic heterocycles. The molecule has 0 aliphatic carbocycles. The summed E-state index contributed by atoms with van der Waals surface area (Å²) >= 11 is 6.62. The van der Waals surface area contributed by atoms with Crippen molar-refractivity contribution in [3.8, 4) is 11.5 Å². The van der Waals surface area contributed by atoms with Crippen molar-refractivity contribution >= 4 is 49.6 Å². The van der Waals surface area contributed by atoms with Gasteiger partial charge in [0.1, 0.15) is 17.0 Å². The summed E-state index contributed by atoms with van der Waals surface area (Å²) in [4.78, 5) is 29.6. The van der Waals surface area contributed by atoms with Gasteiger partial charge in [-0.05, 0) is 47.5 Å². The van der Waals surface area contributed by atoms with Crippen molar-refractivity contribution < 1.29 is 30.0 Å². The molecule has 2 aromatic rings. The Bertz CT molecular complexity index is 986. The van der Waals surface area contributed by atoms with Crippen molar-refractivity contribution in [3.05, 3.63) is 56.5 Å². The SMILES string of the molecule is O=C(O)C1=NCCN1C(Cc1cc(Br)ccc1O)(Cc1cc(Br)ccc1O)C(=O)O. The van der Waals surface area contributed by atoms with E-state index in [2.05, 4.69) is 36.9 Å². The minimum Gasteiger partial charge on any atom is -0.508 e. The molecule has 0 unspecified atom stereocenters. The van der Waals surface area contributed by atoms with Gasteiger partial charge in [0.05, 0.1) is 6.54 Å². The van der Waals surface area contributed by atoms with E-state index in [9.17, 15) is 30.0 Å². The Hall–Kier alpha value is -2.59. The average molecular weight is 542 g/mol. The number of phenols is 2. The maximum absolute atomic E-state index is 12.7. The summed E-state index contributed by atoms with van der Waals surface area (Å²) in [5, 5.41) is 40.6. The Balaban J connectivity index is 2.18. The van der Waals surface area contributed by atoms with E-state index in [1.54, 1.807) is 24.3 Å². The molecule has 1 heterocycles. The predicted octanol–water partition coefficient (Wildman–Crippen LogP) is 3.03. The van der Waals surface area contributed by atoms with Crippen molar-refractivity contribution in [2.75, 3.05) is 13.1 Å². The average Bonchev–Trinajstić information content (AvgIpc) is 3.17. The summed E-state index contributed by atoms with van der Waals surface area (Å²) in [6.45, 7) is 0.211. The number of nitrogens with zero attached hydrogens (tertiary/aromatic N) is 2. The van der Waals surface area contributed by atoms with Crippen LogP contribution in [0.5, 0.6) is 11.5 Å². The van der Waals surface area contributed by atoms with Crippen molar-refractivity contribution in [3.63, 3.8) is 0 Å². The van der Waals surface area contributed by atoms with Crippen LogP contribution in [-0.2, 0) is 22.4 Å². The van der Waals surface area contributed by atoms with Crippen LogP contribution in [0.1, 0.15) is 11.1 Å². The number of hydrogen-bond donors (Lipinski definition) is 4. The van der Waals surface area contributed by atoms with Crippen LogP contribution >= 0.6 is 31.9 Å². The minimum absolute atomic E-state index is 0.0808. The first-order valence-electron chi connectivity index (χ1n) is 8.87. The number of amidine groups is 1. The molecule has 3 rings (SSSR count). The number of benzene rings is 2. The van der Waals surface area contributed by atoms with E-state index in [-0.39, 0.29) is 43.3 Å². The van der Waals surface area contributed by atoms with Crippen LogP contribution in [-0.4, -0.2) is 61.7 Å². The third-order valence-corrected chi connectivity index (χ3v) is 5.98. The quantitative estimate of drug-likeness (QED) is 0.423. The summed E-state index contributed by atoms with van der Waals surface area (Å²) in [6.07, 6.45) is -0.433. The maximum atomic E-state index is 12.7. The molecule has 0 spiro atoms. The van der Waals surface area contributed by atoms with Gasteiger partial charge in [0.15, 0.2) is 0 Å². The van der Waals surface area contributed by atoms with Gasteiger partial charge in [-0.15, -0.1) is 0 Å². The van der Waals surface area contributed by atoms with Crippen LogP contribution in [0, 0.1) is 0 Å². The lowest BCUT2D eigenvalue weighted by molar-refractivity contribution is -0.149. The van der Waals surface area contributed by atoms with Crippen LogP contribution in [0.4, 0.5) is 0 Å². The molecule has 0 radical (unpaired) electrons. The lowest BCUT2D eigenvalue weighted by Gasteiger charge is -2.40. The number of hydrogen-bond acceptors (Lipinski definition) is 6. The molecule has 0 fully saturated rings. The van der Waals surface area contributed by atoms with Gasteiger partial charge in [-0.3, -0.25) is 4.99 Å². The van der Waals surface area contributed by atoms with Crippen LogP contribution in [0.2, 0.25) is 0 Å². The van der Waals surface area contributed by atoms with E-state index in [1.165, 1.54) is 17.0 Å². The standard InChI is InChI=1S/C20H18Br2N2O6/c21-13-1-3-15(25)11(7-13)9-20(19(29)30,24-6-5-23-17(24)18(27)28)10-12-8-14(22)2-4-16(12)26/h1-4,7-8,25-26H,5-6,9-10H2,(H,27,28)(H,29,30). The predicted molar refractivity (Wildman–Crippen MR) is 116 cm³/mol. The Morgan fingerprint density at radius 2 is 1.47 bits per heavy atom. The molecule has 8 nitrogen and oxygen atoms in total. The smallest absolute Gasteiger partial charge is 0.371 e. The summed E-state index contributed by atoms with van der Waals surface area (Å²) in [6, 6.07) is 9.25. The molecule has 0 atom stereocenters. The van der Waals surface area contributed by atoms with Crippen molar-refractivity contribution in [1.82, 2.24) is 4.90 Å². The van der Waals surface area contributed by atoms with E-state index in [1.807, 2.05) is 0 Å². The van der Waals surface area contributed by atoms with E-state index in [4.69, 9.17) is 0 Å². The Labute approximate surface area is 188 Å². The first-order valence-corrected chi connectivity index (χ1v) is 10.5. The molecule has 0 amide bonds. The van der Waals surface area contributed by atoms with Gasteiger partial charge in [0.25, 0.3) is 0 Å². The van der Waals surface area contributed by atoms with Crippen LogP contribution in [0.25, 0.3) is 0 Å². The molecule has 4 N–H and O–H groups in total. The molecule has 0 saturated heterocycles. The number of aliphatic carboxylic acids is 2. The van der Waals surface area contributed by atoms with Crippen molar-refractivity contribution in [2.24, 2.45) is 4.99 Å². The van der Waals surface area contributed by atoms with Gasteiger partial charge >= 0.3 is 11.9 Å². The van der Waals surface area contributed by atoms with Crippen LogP contribution < -0.4 is 0 Å².